The first kappa shape index (κ1) is 11.8. The van der Waals surface area contributed by atoms with E-state index in [1.807, 2.05) is 23.2 Å². The molecular formula is C11H13N3O2S. The van der Waals surface area contributed by atoms with Gasteiger partial charge in [-0.3, -0.25) is 9.48 Å². The number of hydrogen-bond acceptors (Lipinski definition) is 4. The highest BCUT2D eigenvalue weighted by molar-refractivity contribution is 7.13. The van der Waals surface area contributed by atoms with E-state index in [1.54, 1.807) is 6.20 Å². The number of carboxylic acid groups (broad SMARTS) is 1. The van der Waals surface area contributed by atoms with Crippen molar-refractivity contribution in [2.75, 3.05) is 0 Å². The molecule has 0 fully saturated rings. The van der Waals surface area contributed by atoms with Crippen molar-refractivity contribution in [1.82, 2.24) is 14.8 Å². The second-order valence-corrected chi connectivity index (χ2v) is 4.48. The smallest absolute Gasteiger partial charge is 0.303 e. The molecule has 0 aliphatic rings. The third-order valence-electron chi connectivity index (χ3n) is 2.35. The van der Waals surface area contributed by atoms with Crippen LogP contribution in [0.25, 0.3) is 10.6 Å². The van der Waals surface area contributed by atoms with Gasteiger partial charge < -0.3 is 5.11 Å². The number of aliphatic carboxylic acids is 1. The Balaban J connectivity index is 2.09. The number of carboxylic acids is 1. The van der Waals surface area contributed by atoms with Crippen LogP contribution >= 0.6 is 11.3 Å². The molecule has 90 valence electrons. The van der Waals surface area contributed by atoms with Gasteiger partial charge in [0.1, 0.15) is 5.01 Å². The van der Waals surface area contributed by atoms with Crippen LogP contribution in [-0.2, 0) is 17.8 Å². The summed E-state index contributed by atoms with van der Waals surface area (Å²) in [6.45, 7) is 2.86. The van der Waals surface area contributed by atoms with Crippen LogP contribution in [0, 0.1) is 0 Å². The SMILES string of the molecule is CCn1cc(-c2nc(CCC(=O)O)cs2)cn1. The zero-order valence-electron chi connectivity index (χ0n) is 9.46. The lowest BCUT2D eigenvalue weighted by molar-refractivity contribution is -0.136. The number of thiazole rings is 1. The molecule has 0 aromatic carbocycles. The molecule has 0 amide bonds. The standard InChI is InChI=1S/C11H13N3O2S/c1-2-14-6-8(5-12-14)11-13-9(7-17-11)3-4-10(15)16/h5-7H,2-4H2,1H3,(H,15,16). The summed E-state index contributed by atoms with van der Waals surface area (Å²) in [4.78, 5) is 14.9. The zero-order valence-corrected chi connectivity index (χ0v) is 10.3. The minimum atomic E-state index is -0.793. The summed E-state index contributed by atoms with van der Waals surface area (Å²) >= 11 is 1.52. The number of carbonyl (C=O) groups is 1. The molecule has 0 aliphatic carbocycles. The van der Waals surface area contributed by atoms with Gasteiger partial charge in [0.05, 0.1) is 18.3 Å². The number of rotatable bonds is 5. The molecule has 0 spiro atoms. The zero-order chi connectivity index (χ0) is 12.3. The molecule has 6 heteroatoms. The van der Waals surface area contributed by atoms with Gasteiger partial charge in [-0.05, 0) is 6.92 Å². The molecule has 0 saturated heterocycles. The Morgan fingerprint density at radius 3 is 3.06 bits per heavy atom. The van der Waals surface area contributed by atoms with Crippen molar-refractivity contribution in [2.24, 2.45) is 0 Å². The van der Waals surface area contributed by atoms with Gasteiger partial charge in [0, 0.05) is 30.1 Å². The van der Waals surface area contributed by atoms with E-state index in [4.69, 9.17) is 5.11 Å². The van der Waals surface area contributed by atoms with Crippen LogP contribution < -0.4 is 0 Å². The lowest BCUT2D eigenvalue weighted by atomic mass is 10.2. The fourth-order valence-electron chi connectivity index (χ4n) is 1.44. The second kappa shape index (κ2) is 5.09. The highest BCUT2D eigenvalue weighted by Gasteiger charge is 2.08. The Morgan fingerprint density at radius 1 is 1.59 bits per heavy atom. The van der Waals surface area contributed by atoms with Gasteiger partial charge in [0.2, 0.25) is 0 Å². The number of nitrogens with zero attached hydrogens (tertiary/aromatic N) is 3. The molecule has 2 heterocycles. The van der Waals surface area contributed by atoms with E-state index < -0.39 is 5.97 Å². The van der Waals surface area contributed by atoms with Gasteiger partial charge in [-0.15, -0.1) is 11.3 Å². The molecule has 0 radical (unpaired) electrons. The number of aryl methyl sites for hydroxylation is 2. The van der Waals surface area contributed by atoms with Crippen molar-refractivity contribution in [3.05, 3.63) is 23.5 Å². The average molecular weight is 251 g/mol. The van der Waals surface area contributed by atoms with Gasteiger partial charge in [-0.1, -0.05) is 0 Å². The van der Waals surface area contributed by atoms with Gasteiger partial charge in [-0.2, -0.15) is 5.10 Å². The van der Waals surface area contributed by atoms with Crippen LogP contribution in [0.1, 0.15) is 19.0 Å². The molecule has 0 aliphatic heterocycles. The Hall–Kier alpha value is -1.69. The van der Waals surface area contributed by atoms with Gasteiger partial charge in [-0.25, -0.2) is 4.98 Å². The van der Waals surface area contributed by atoms with Crippen LogP contribution in [0.5, 0.6) is 0 Å². The van der Waals surface area contributed by atoms with Crippen molar-refractivity contribution in [3.8, 4) is 10.6 Å². The molecule has 0 saturated carbocycles. The van der Waals surface area contributed by atoms with Crippen LogP contribution in [0.15, 0.2) is 17.8 Å². The third-order valence-corrected chi connectivity index (χ3v) is 3.29. The molecule has 1 N–H and O–H groups in total. The fraction of sp³-hybridized carbons (Fsp3) is 0.364. The van der Waals surface area contributed by atoms with Gasteiger partial charge in [0.15, 0.2) is 0 Å². The minimum Gasteiger partial charge on any atom is -0.481 e. The maximum Gasteiger partial charge on any atom is 0.303 e. The van der Waals surface area contributed by atoms with Crippen molar-refractivity contribution in [3.63, 3.8) is 0 Å². The minimum absolute atomic E-state index is 0.122. The predicted molar refractivity (Wildman–Crippen MR) is 65.0 cm³/mol. The van der Waals surface area contributed by atoms with E-state index in [9.17, 15) is 4.79 Å². The van der Waals surface area contributed by atoms with Gasteiger partial charge >= 0.3 is 5.97 Å². The summed E-state index contributed by atoms with van der Waals surface area (Å²) in [7, 11) is 0. The van der Waals surface area contributed by atoms with Crippen LogP contribution in [-0.4, -0.2) is 25.8 Å². The first-order chi connectivity index (χ1) is 8.19. The van der Waals surface area contributed by atoms with E-state index >= 15 is 0 Å². The lowest BCUT2D eigenvalue weighted by Crippen LogP contribution is -1.97. The van der Waals surface area contributed by atoms with Crippen LogP contribution in [0.2, 0.25) is 0 Å². The first-order valence-corrected chi connectivity index (χ1v) is 6.26. The monoisotopic (exact) mass is 251 g/mol. The predicted octanol–water partition coefficient (Wildman–Crippen LogP) is 2.04. The Kier molecular flexibility index (Phi) is 3.53. The van der Waals surface area contributed by atoms with Crippen molar-refractivity contribution < 1.29 is 9.90 Å². The quantitative estimate of drug-likeness (QED) is 0.883. The maximum atomic E-state index is 10.5. The molecule has 0 unspecified atom stereocenters. The molecule has 2 rings (SSSR count). The third kappa shape index (κ3) is 2.91. The molecule has 0 atom stereocenters. The summed E-state index contributed by atoms with van der Waals surface area (Å²) < 4.78 is 1.84. The second-order valence-electron chi connectivity index (χ2n) is 3.62. The number of hydrogen-bond donors (Lipinski definition) is 1. The Morgan fingerprint density at radius 2 is 2.41 bits per heavy atom. The van der Waals surface area contributed by atoms with Crippen molar-refractivity contribution >= 4 is 17.3 Å². The van der Waals surface area contributed by atoms with Crippen molar-refractivity contribution in [2.45, 2.75) is 26.3 Å². The summed E-state index contributed by atoms with van der Waals surface area (Å²) in [5.74, 6) is -0.793. The summed E-state index contributed by atoms with van der Waals surface area (Å²) in [6.07, 6.45) is 4.33. The molecule has 5 nitrogen and oxygen atoms in total. The van der Waals surface area contributed by atoms with E-state index in [-0.39, 0.29) is 6.42 Å². The lowest BCUT2D eigenvalue weighted by Gasteiger charge is -1.92. The maximum absolute atomic E-state index is 10.5. The fourth-order valence-corrected chi connectivity index (χ4v) is 2.27. The highest BCUT2D eigenvalue weighted by Crippen LogP contribution is 2.23. The average Bonchev–Trinajstić information content (AvgIpc) is 2.94. The summed E-state index contributed by atoms with van der Waals surface area (Å²) in [6, 6.07) is 0. The molecule has 2 aromatic heterocycles. The largest absolute Gasteiger partial charge is 0.481 e. The van der Waals surface area contributed by atoms with Gasteiger partial charge in [0.25, 0.3) is 0 Å². The summed E-state index contributed by atoms with van der Waals surface area (Å²) in [5, 5.41) is 15.6. The van der Waals surface area contributed by atoms with Crippen molar-refractivity contribution in [1.29, 1.82) is 0 Å². The number of aromatic nitrogens is 3. The highest BCUT2D eigenvalue weighted by atomic mass is 32.1. The molecular weight excluding hydrogens is 238 g/mol. The van der Waals surface area contributed by atoms with E-state index in [2.05, 4.69) is 10.1 Å². The Bertz CT molecular complexity index is 518. The molecule has 0 bridgehead atoms. The van der Waals surface area contributed by atoms with Crippen LogP contribution in [0.3, 0.4) is 0 Å². The summed E-state index contributed by atoms with van der Waals surface area (Å²) in [5.41, 5.74) is 1.81. The molecule has 2 aromatic rings. The van der Waals surface area contributed by atoms with E-state index in [0.717, 1.165) is 22.8 Å². The first-order valence-electron chi connectivity index (χ1n) is 5.38. The normalized spacial score (nSPS) is 10.6. The molecule has 17 heavy (non-hydrogen) atoms. The van der Waals surface area contributed by atoms with E-state index in [1.165, 1.54) is 11.3 Å². The Labute approximate surface area is 103 Å². The topological polar surface area (TPSA) is 68.0 Å². The van der Waals surface area contributed by atoms with Crippen LogP contribution in [0.4, 0.5) is 0 Å². The van der Waals surface area contributed by atoms with E-state index in [0.29, 0.717) is 6.42 Å².